The molecule has 1 aliphatic heterocycles. The van der Waals surface area contributed by atoms with Crippen LogP contribution in [0.4, 0.5) is 0 Å². The zero-order chi connectivity index (χ0) is 11.3. The molecule has 0 amide bonds. The van der Waals surface area contributed by atoms with E-state index in [1.54, 1.807) is 0 Å². The van der Waals surface area contributed by atoms with Crippen molar-refractivity contribution >= 4 is 0 Å². The van der Waals surface area contributed by atoms with E-state index >= 15 is 0 Å². The molecule has 90 valence electrons. The van der Waals surface area contributed by atoms with Crippen LogP contribution in [-0.2, 0) is 0 Å². The number of nitrogens with zero attached hydrogens (tertiary/aromatic N) is 2. The molecule has 0 spiro atoms. The van der Waals surface area contributed by atoms with Crippen LogP contribution in [0.3, 0.4) is 0 Å². The average Bonchev–Trinajstić information content (AvgIpc) is 2.24. The molecular formula is C12H27N3. The zero-order valence-corrected chi connectivity index (χ0v) is 10.6. The van der Waals surface area contributed by atoms with Crippen LogP contribution in [0.5, 0.6) is 0 Å². The topological polar surface area (TPSA) is 32.5 Å². The van der Waals surface area contributed by atoms with Crippen LogP contribution >= 0.6 is 0 Å². The van der Waals surface area contributed by atoms with Gasteiger partial charge < -0.3 is 10.6 Å². The lowest BCUT2D eigenvalue weighted by Crippen LogP contribution is -2.55. The van der Waals surface area contributed by atoms with Crippen molar-refractivity contribution in [3.63, 3.8) is 0 Å². The molecule has 1 saturated heterocycles. The number of hydrogen-bond acceptors (Lipinski definition) is 3. The first kappa shape index (κ1) is 12.9. The highest BCUT2D eigenvalue weighted by molar-refractivity contribution is 4.82. The van der Waals surface area contributed by atoms with Crippen LogP contribution < -0.4 is 5.73 Å². The second kappa shape index (κ2) is 6.46. The standard InChI is InChI=1S/C12H27N3/c1-4-5-6-12(9-13)15-8-7-14(3)11(2)10-15/h11-12H,4-10,13H2,1-3H3. The van der Waals surface area contributed by atoms with Gasteiger partial charge in [0.1, 0.15) is 0 Å². The Bertz CT molecular complexity index is 172. The molecule has 2 unspecified atom stereocenters. The van der Waals surface area contributed by atoms with Gasteiger partial charge in [0, 0.05) is 38.3 Å². The van der Waals surface area contributed by atoms with E-state index in [0.717, 1.165) is 6.54 Å². The first-order chi connectivity index (χ1) is 7.19. The molecule has 1 fully saturated rings. The fourth-order valence-electron chi connectivity index (χ4n) is 2.30. The normalized spacial score (nSPS) is 26.8. The minimum atomic E-state index is 0.612. The van der Waals surface area contributed by atoms with E-state index in [9.17, 15) is 0 Å². The highest BCUT2D eigenvalue weighted by Crippen LogP contribution is 2.14. The Hall–Kier alpha value is -0.120. The van der Waals surface area contributed by atoms with Crippen LogP contribution in [0.25, 0.3) is 0 Å². The molecule has 1 heterocycles. The van der Waals surface area contributed by atoms with Crippen LogP contribution in [-0.4, -0.2) is 55.1 Å². The monoisotopic (exact) mass is 213 g/mol. The number of rotatable bonds is 5. The summed E-state index contributed by atoms with van der Waals surface area (Å²) in [4.78, 5) is 5.02. The summed E-state index contributed by atoms with van der Waals surface area (Å²) in [5.41, 5.74) is 5.87. The SMILES string of the molecule is CCCCC(CN)N1CCN(C)C(C)C1. The fraction of sp³-hybridized carbons (Fsp3) is 1.00. The maximum Gasteiger partial charge on any atom is 0.0219 e. The molecule has 3 nitrogen and oxygen atoms in total. The van der Waals surface area contributed by atoms with E-state index in [1.165, 1.54) is 38.9 Å². The fourth-order valence-corrected chi connectivity index (χ4v) is 2.30. The Morgan fingerprint density at radius 3 is 2.67 bits per heavy atom. The largest absolute Gasteiger partial charge is 0.329 e. The van der Waals surface area contributed by atoms with Crippen molar-refractivity contribution in [2.75, 3.05) is 33.2 Å². The third kappa shape index (κ3) is 3.74. The second-order valence-corrected chi connectivity index (χ2v) is 4.86. The predicted molar refractivity (Wildman–Crippen MR) is 66.0 cm³/mol. The first-order valence-electron chi connectivity index (χ1n) is 6.33. The van der Waals surface area contributed by atoms with Gasteiger partial charge in [-0.3, -0.25) is 4.90 Å². The van der Waals surface area contributed by atoms with E-state index in [1.807, 2.05) is 0 Å². The summed E-state index contributed by atoms with van der Waals surface area (Å²) in [6, 6.07) is 1.29. The Labute approximate surface area is 94.6 Å². The van der Waals surface area contributed by atoms with Crippen molar-refractivity contribution in [1.82, 2.24) is 9.80 Å². The Balaban J connectivity index is 2.39. The van der Waals surface area contributed by atoms with E-state index < -0.39 is 0 Å². The molecule has 1 rings (SSSR count). The molecule has 3 heteroatoms. The van der Waals surface area contributed by atoms with Gasteiger partial charge in [-0.25, -0.2) is 0 Å². The Morgan fingerprint density at radius 1 is 1.40 bits per heavy atom. The van der Waals surface area contributed by atoms with Gasteiger partial charge in [0.2, 0.25) is 0 Å². The van der Waals surface area contributed by atoms with Crippen molar-refractivity contribution in [2.45, 2.75) is 45.2 Å². The molecule has 1 aliphatic rings. The predicted octanol–water partition coefficient (Wildman–Crippen LogP) is 1.14. The van der Waals surface area contributed by atoms with Crippen LogP contribution in [0.2, 0.25) is 0 Å². The second-order valence-electron chi connectivity index (χ2n) is 4.86. The molecule has 0 aromatic carbocycles. The third-order valence-corrected chi connectivity index (χ3v) is 3.67. The summed E-state index contributed by atoms with van der Waals surface area (Å²) in [6.07, 6.45) is 3.85. The summed E-state index contributed by atoms with van der Waals surface area (Å²) >= 11 is 0. The Kier molecular flexibility index (Phi) is 5.58. The van der Waals surface area contributed by atoms with Crippen molar-refractivity contribution in [1.29, 1.82) is 0 Å². The number of piperazine rings is 1. The molecule has 0 bridgehead atoms. The van der Waals surface area contributed by atoms with E-state index in [0.29, 0.717) is 12.1 Å². The van der Waals surface area contributed by atoms with Crippen molar-refractivity contribution < 1.29 is 0 Å². The minimum absolute atomic E-state index is 0.612. The molecule has 0 aliphatic carbocycles. The van der Waals surface area contributed by atoms with Crippen molar-refractivity contribution in [3.05, 3.63) is 0 Å². The molecule has 0 saturated carbocycles. The molecule has 2 N–H and O–H groups in total. The van der Waals surface area contributed by atoms with Crippen LogP contribution in [0.1, 0.15) is 33.1 Å². The molecule has 2 atom stereocenters. The number of hydrogen-bond donors (Lipinski definition) is 1. The summed E-state index contributed by atoms with van der Waals surface area (Å²) in [5.74, 6) is 0. The van der Waals surface area contributed by atoms with Crippen LogP contribution in [0.15, 0.2) is 0 Å². The maximum atomic E-state index is 5.87. The number of nitrogens with two attached hydrogens (primary N) is 1. The van der Waals surface area contributed by atoms with Crippen LogP contribution in [0, 0.1) is 0 Å². The third-order valence-electron chi connectivity index (χ3n) is 3.67. The maximum absolute atomic E-state index is 5.87. The number of unbranched alkanes of at least 4 members (excludes halogenated alkanes) is 1. The Morgan fingerprint density at radius 2 is 2.13 bits per heavy atom. The van der Waals surface area contributed by atoms with Gasteiger partial charge in [-0.05, 0) is 20.4 Å². The van der Waals surface area contributed by atoms with Gasteiger partial charge in [0.15, 0.2) is 0 Å². The van der Waals surface area contributed by atoms with E-state index in [4.69, 9.17) is 5.73 Å². The smallest absolute Gasteiger partial charge is 0.0219 e. The first-order valence-corrected chi connectivity index (χ1v) is 6.33. The quantitative estimate of drug-likeness (QED) is 0.743. The lowest BCUT2D eigenvalue weighted by Gasteiger charge is -2.41. The van der Waals surface area contributed by atoms with Gasteiger partial charge >= 0.3 is 0 Å². The van der Waals surface area contributed by atoms with Gasteiger partial charge in [-0.1, -0.05) is 19.8 Å². The summed E-state index contributed by atoms with van der Waals surface area (Å²) in [6.45, 7) is 8.93. The van der Waals surface area contributed by atoms with Crippen molar-refractivity contribution in [3.8, 4) is 0 Å². The van der Waals surface area contributed by atoms with E-state index in [2.05, 4.69) is 30.7 Å². The molecule has 0 aromatic heterocycles. The minimum Gasteiger partial charge on any atom is -0.329 e. The summed E-state index contributed by atoms with van der Waals surface area (Å²) < 4.78 is 0. The summed E-state index contributed by atoms with van der Waals surface area (Å²) in [5, 5.41) is 0. The molecular weight excluding hydrogens is 186 g/mol. The van der Waals surface area contributed by atoms with Gasteiger partial charge in [-0.15, -0.1) is 0 Å². The average molecular weight is 213 g/mol. The van der Waals surface area contributed by atoms with Gasteiger partial charge in [-0.2, -0.15) is 0 Å². The van der Waals surface area contributed by atoms with Gasteiger partial charge in [0.25, 0.3) is 0 Å². The zero-order valence-electron chi connectivity index (χ0n) is 10.6. The number of likely N-dealkylation sites (N-methyl/N-ethyl adjacent to an activating group) is 1. The van der Waals surface area contributed by atoms with Crippen molar-refractivity contribution in [2.24, 2.45) is 5.73 Å². The lowest BCUT2D eigenvalue weighted by atomic mass is 10.1. The summed E-state index contributed by atoms with van der Waals surface area (Å²) in [7, 11) is 2.21. The molecule has 0 radical (unpaired) electrons. The highest BCUT2D eigenvalue weighted by Gasteiger charge is 2.25. The molecule has 15 heavy (non-hydrogen) atoms. The van der Waals surface area contributed by atoms with Gasteiger partial charge in [0.05, 0.1) is 0 Å². The lowest BCUT2D eigenvalue weighted by molar-refractivity contribution is 0.0705. The van der Waals surface area contributed by atoms with E-state index in [-0.39, 0.29) is 0 Å². The highest BCUT2D eigenvalue weighted by atomic mass is 15.3. The molecule has 0 aromatic rings.